The number of anilines is 1. The SMILES string of the molecule is CC/C=C/C(=O)O[C@@H](C)C(=O)Nc1ccc(C(F)(F)F)cc1. The Balaban J connectivity index is 2.61. The highest BCUT2D eigenvalue weighted by Crippen LogP contribution is 2.29. The predicted octanol–water partition coefficient (Wildman–Crippen LogP) is 3.54. The fourth-order valence-electron chi connectivity index (χ4n) is 1.47. The highest BCUT2D eigenvalue weighted by molar-refractivity contribution is 5.95. The van der Waals surface area contributed by atoms with E-state index in [-0.39, 0.29) is 5.69 Å². The van der Waals surface area contributed by atoms with E-state index in [2.05, 4.69) is 5.32 Å². The summed E-state index contributed by atoms with van der Waals surface area (Å²) in [5.41, 5.74) is -0.625. The lowest BCUT2D eigenvalue weighted by Gasteiger charge is -2.13. The van der Waals surface area contributed by atoms with Gasteiger partial charge in [0.1, 0.15) is 0 Å². The monoisotopic (exact) mass is 315 g/mol. The largest absolute Gasteiger partial charge is 0.449 e. The molecule has 1 atom stereocenters. The maximum atomic E-state index is 12.4. The Kier molecular flexibility index (Phi) is 6.15. The first kappa shape index (κ1) is 17.7. The van der Waals surface area contributed by atoms with Crippen LogP contribution in [0.2, 0.25) is 0 Å². The molecule has 1 aromatic rings. The number of amides is 1. The molecule has 1 rings (SSSR count). The number of esters is 1. The van der Waals surface area contributed by atoms with Gasteiger partial charge in [-0.1, -0.05) is 13.0 Å². The first-order valence-electron chi connectivity index (χ1n) is 6.59. The Morgan fingerprint density at radius 3 is 2.36 bits per heavy atom. The van der Waals surface area contributed by atoms with Gasteiger partial charge in [0, 0.05) is 11.8 Å². The molecule has 4 nitrogen and oxygen atoms in total. The third-order valence-electron chi connectivity index (χ3n) is 2.63. The van der Waals surface area contributed by atoms with E-state index in [1.807, 2.05) is 6.92 Å². The van der Waals surface area contributed by atoms with Crippen LogP contribution in [0.4, 0.5) is 18.9 Å². The van der Waals surface area contributed by atoms with E-state index in [0.29, 0.717) is 6.42 Å². The number of hydrogen-bond acceptors (Lipinski definition) is 3. The summed E-state index contributed by atoms with van der Waals surface area (Å²) in [6.45, 7) is 3.21. The maximum Gasteiger partial charge on any atom is 0.416 e. The molecule has 7 heteroatoms. The predicted molar refractivity (Wildman–Crippen MR) is 75.1 cm³/mol. The second kappa shape index (κ2) is 7.63. The molecule has 22 heavy (non-hydrogen) atoms. The van der Waals surface area contributed by atoms with Crippen LogP contribution in [0.15, 0.2) is 36.4 Å². The van der Waals surface area contributed by atoms with Gasteiger partial charge in [0.15, 0.2) is 6.10 Å². The van der Waals surface area contributed by atoms with Crippen LogP contribution in [0.3, 0.4) is 0 Å². The van der Waals surface area contributed by atoms with E-state index in [1.54, 1.807) is 6.08 Å². The van der Waals surface area contributed by atoms with Gasteiger partial charge in [-0.15, -0.1) is 0 Å². The average molecular weight is 315 g/mol. The summed E-state index contributed by atoms with van der Waals surface area (Å²) in [5, 5.41) is 2.37. The number of rotatable bonds is 5. The Bertz CT molecular complexity index is 550. The highest BCUT2D eigenvalue weighted by Gasteiger charge is 2.30. The van der Waals surface area contributed by atoms with Crippen molar-refractivity contribution in [3.63, 3.8) is 0 Å². The molecule has 0 aliphatic carbocycles. The Morgan fingerprint density at radius 1 is 1.27 bits per heavy atom. The zero-order chi connectivity index (χ0) is 16.8. The molecule has 0 fully saturated rings. The normalized spacial score (nSPS) is 13.0. The number of halogens is 3. The second-order valence-corrected chi connectivity index (χ2v) is 4.45. The van der Waals surface area contributed by atoms with Crippen LogP contribution in [0.5, 0.6) is 0 Å². The summed E-state index contributed by atoms with van der Waals surface area (Å²) >= 11 is 0. The molecule has 0 spiro atoms. The van der Waals surface area contributed by atoms with Crippen molar-refractivity contribution in [3.8, 4) is 0 Å². The maximum absolute atomic E-state index is 12.4. The summed E-state index contributed by atoms with van der Waals surface area (Å²) in [6, 6.07) is 3.98. The Morgan fingerprint density at radius 2 is 1.86 bits per heavy atom. The van der Waals surface area contributed by atoms with E-state index in [0.717, 1.165) is 24.3 Å². The fraction of sp³-hybridized carbons (Fsp3) is 0.333. The van der Waals surface area contributed by atoms with Gasteiger partial charge in [0.2, 0.25) is 0 Å². The zero-order valence-corrected chi connectivity index (χ0v) is 12.1. The van der Waals surface area contributed by atoms with Crippen molar-refractivity contribution >= 4 is 17.6 Å². The summed E-state index contributed by atoms with van der Waals surface area (Å²) in [7, 11) is 0. The topological polar surface area (TPSA) is 55.4 Å². The number of ether oxygens (including phenoxy) is 1. The number of alkyl halides is 3. The molecule has 0 unspecified atom stereocenters. The van der Waals surface area contributed by atoms with Crippen LogP contribution in [0.25, 0.3) is 0 Å². The van der Waals surface area contributed by atoms with Crippen LogP contribution in [-0.2, 0) is 20.5 Å². The van der Waals surface area contributed by atoms with Gasteiger partial charge < -0.3 is 10.1 Å². The molecule has 1 N–H and O–H groups in total. The fourth-order valence-corrected chi connectivity index (χ4v) is 1.47. The number of carbonyl (C=O) groups excluding carboxylic acids is 2. The lowest BCUT2D eigenvalue weighted by molar-refractivity contribution is -0.148. The molecule has 0 saturated carbocycles. The molecule has 0 heterocycles. The number of carbonyl (C=O) groups is 2. The lowest BCUT2D eigenvalue weighted by Crippen LogP contribution is -2.29. The summed E-state index contributed by atoms with van der Waals surface area (Å²) in [6.07, 6.45) is -2.04. The summed E-state index contributed by atoms with van der Waals surface area (Å²) < 4.78 is 42.1. The Hall–Kier alpha value is -2.31. The molecule has 0 saturated heterocycles. The molecule has 1 amide bonds. The quantitative estimate of drug-likeness (QED) is 0.668. The van der Waals surface area contributed by atoms with Gasteiger partial charge in [-0.25, -0.2) is 4.79 Å². The van der Waals surface area contributed by atoms with Crippen molar-refractivity contribution in [1.82, 2.24) is 0 Å². The average Bonchev–Trinajstić information content (AvgIpc) is 2.44. The summed E-state index contributed by atoms with van der Waals surface area (Å²) in [5.74, 6) is -1.28. The standard InChI is InChI=1S/C15H16F3NO3/c1-3-4-5-13(20)22-10(2)14(21)19-12-8-6-11(7-9-12)15(16,17)18/h4-10H,3H2,1-2H3,(H,19,21)/b5-4+/t10-/m0/s1. The molecule has 1 aromatic carbocycles. The van der Waals surface area contributed by atoms with Gasteiger partial charge in [-0.05, 0) is 37.6 Å². The zero-order valence-electron chi connectivity index (χ0n) is 12.1. The van der Waals surface area contributed by atoms with E-state index < -0.39 is 29.7 Å². The minimum absolute atomic E-state index is 0.185. The third-order valence-corrected chi connectivity index (χ3v) is 2.63. The minimum Gasteiger partial charge on any atom is -0.449 e. The van der Waals surface area contributed by atoms with Crippen molar-refractivity contribution in [1.29, 1.82) is 0 Å². The van der Waals surface area contributed by atoms with Crippen molar-refractivity contribution in [3.05, 3.63) is 42.0 Å². The van der Waals surface area contributed by atoms with E-state index in [9.17, 15) is 22.8 Å². The Labute approximate surface area is 126 Å². The molecular formula is C15H16F3NO3. The highest BCUT2D eigenvalue weighted by atomic mass is 19.4. The van der Waals surface area contributed by atoms with Gasteiger partial charge in [-0.3, -0.25) is 4.79 Å². The molecule has 0 aliphatic heterocycles. The summed E-state index contributed by atoms with van der Waals surface area (Å²) in [4.78, 5) is 23.1. The van der Waals surface area contributed by atoms with Crippen LogP contribution in [0, 0.1) is 0 Å². The number of benzene rings is 1. The lowest BCUT2D eigenvalue weighted by atomic mass is 10.2. The van der Waals surface area contributed by atoms with Gasteiger partial charge >= 0.3 is 12.1 Å². The van der Waals surface area contributed by atoms with Crippen molar-refractivity contribution in [2.45, 2.75) is 32.5 Å². The minimum atomic E-state index is -4.43. The molecular weight excluding hydrogens is 299 g/mol. The molecule has 0 aromatic heterocycles. The second-order valence-electron chi connectivity index (χ2n) is 4.45. The number of hydrogen-bond donors (Lipinski definition) is 1. The van der Waals surface area contributed by atoms with E-state index in [1.165, 1.54) is 13.0 Å². The van der Waals surface area contributed by atoms with Crippen LogP contribution in [-0.4, -0.2) is 18.0 Å². The van der Waals surface area contributed by atoms with Crippen LogP contribution in [0.1, 0.15) is 25.8 Å². The van der Waals surface area contributed by atoms with Crippen molar-refractivity contribution in [2.24, 2.45) is 0 Å². The van der Waals surface area contributed by atoms with Gasteiger partial charge in [-0.2, -0.15) is 13.2 Å². The van der Waals surface area contributed by atoms with Crippen molar-refractivity contribution in [2.75, 3.05) is 5.32 Å². The van der Waals surface area contributed by atoms with Crippen LogP contribution >= 0.6 is 0 Å². The van der Waals surface area contributed by atoms with Gasteiger partial charge in [0.25, 0.3) is 5.91 Å². The van der Waals surface area contributed by atoms with E-state index in [4.69, 9.17) is 4.74 Å². The first-order chi connectivity index (χ1) is 10.2. The number of allylic oxidation sites excluding steroid dienone is 1. The van der Waals surface area contributed by atoms with Gasteiger partial charge in [0.05, 0.1) is 5.56 Å². The smallest absolute Gasteiger partial charge is 0.416 e. The third kappa shape index (κ3) is 5.59. The molecule has 120 valence electrons. The molecule has 0 radical (unpaired) electrons. The molecule has 0 bridgehead atoms. The van der Waals surface area contributed by atoms with Crippen molar-refractivity contribution < 1.29 is 27.5 Å². The first-order valence-corrected chi connectivity index (χ1v) is 6.59. The van der Waals surface area contributed by atoms with E-state index >= 15 is 0 Å². The molecule has 0 aliphatic rings. The number of nitrogens with one attached hydrogen (secondary N) is 1. The van der Waals surface area contributed by atoms with Crippen LogP contribution < -0.4 is 5.32 Å².